The summed E-state index contributed by atoms with van der Waals surface area (Å²) in [4.78, 5) is 0. The van der Waals surface area contributed by atoms with Gasteiger partial charge in [0.25, 0.3) is 0 Å². The molecule has 2 bridgehead atoms. The van der Waals surface area contributed by atoms with Crippen molar-refractivity contribution in [2.45, 2.75) is 38.6 Å². The van der Waals surface area contributed by atoms with Crippen LogP contribution in [-0.2, 0) is 0 Å². The second kappa shape index (κ2) is 3.82. The van der Waals surface area contributed by atoms with Crippen molar-refractivity contribution in [3.8, 4) is 0 Å². The molecule has 3 heteroatoms. The monoisotopic (exact) mass is 198 g/mol. The van der Waals surface area contributed by atoms with Crippen LogP contribution in [0.1, 0.15) is 32.6 Å². The van der Waals surface area contributed by atoms with Crippen LogP contribution in [0.25, 0.3) is 0 Å². The topological polar surface area (TPSA) is 24.1 Å². The highest BCUT2D eigenvalue weighted by molar-refractivity contribution is 7.80. The molecule has 0 amide bonds. The summed E-state index contributed by atoms with van der Waals surface area (Å²) in [6.45, 7) is 3.00. The third-order valence-corrected chi connectivity index (χ3v) is 3.65. The summed E-state index contributed by atoms with van der Waals surface area (Å²) in [5.41, 5.74) is 0. The highest BCUT2D eigenvalue weighted by Gasteiger charge is 2.39. The average Bonchev–Trinajstić information content (AvgIpc) is 2.65. The highest BCUT2D eigenvalue weighted by atomic mass is 32.1. The minimum atomic E-state index is 0.672. The van der Waals surface area contributed by atoms with Crippen molar-refractivity contribution < 1.29 is 0 Å². The maximum atomic E-state index is 5.18. The first-order valence-corrected chi connectivity index (χ1v) is 5.74. The summed E-state index contributed by atoms with van der Waals surface area (Å²) in [5, 5.41) is 7.43. The molecule has 2 rings (SSSR count). The van der Waals surface area contributed by atoms with E-state index in [1.54, 1.807) is 0 Å². The molecule has 2 aliphatic carbocycles. The van der Waals surface area contributed by atoms with E-state index in [2.05, 4.69) is 17.6 Å². The Morgan fingerprint density at radius 2 is 2.23 bits per heavy atom. The van der Waals surface area contributed by atoms with Gasteiger partial charge in [0.1, 0.15) is 0 Å². The Morgan fingerprint density at radius 3 is 2.77 bits per heavy atom. The Morgan fingerprint density at radius 1 is 1.38 bits per heavy atom. The van der Waals surface area contributed by atoms with Crippen LogP contribution < -0.4 is 10.6 Å². The normalized spacial score (nSPS) is 36.2. The number of hydrogen-bond acceptors (Lipinski definition) is 1. The zero-order valence-corrected chi connectivity index (χ0v) is 8.99. The molecule has 2 fully saturated rings. The maximum absolute atomic E-state index is 5.18. The zero-order chi connectivity index (χ0) is 9.26. The van der Waals surface area contributed by atoms with E-state index in [1.165, 1.54) is 25.7 Å². The quantitative estimate of drug-likeness (QED) is 0.660. The molecule has 2 nitrogen and oxygen atoms in total. The predicted octanol–water partition coefficient (Wildman–Crippen LogP) is 1.66. The van der Waals surface area contributed by atoms with E-state index >= 15 is 0 Å². The summed E-state index contributed by atoms with van der Waals surface area (Å²) >= 11 is 5.18. The second-order valence-corrected chi connectivity index (χ2v) is 4.69. The van der Waals surface area contributed by atoms with E-state index in [4.69, 9.17) is 12.2 Å². The lowest BCUT2D eigenvalue weighted by atomic mass is 9.96. The molecule has 0 saturated heterocycles. The Balaban J connectivity index is 1.79. The lowest BCUT2D eigenvalue weighted by Crippen LogP contribution is -2.44. The van der Waals surface area contributed by atoms with Crippen molar-refractivity contribution >= 4 is 17.3 Å². The van der Waals surface area contributed by atoms with Gasteiger partial charge in [-0.3, -0.25) is 0 Å². The molecule has 0 unspecified atom stereocenters. The molecule has 74 valence electrons. The Bertz CT molecular complexity index is 205. The Kier molecular flexibility index (Phi) is 2.72. The van der Waals surface area contributed by atoms with Crippen LogP contribution in [0.15, 0.2) is 0 Å². The van der Waals surface area contributed by atoms with Crippen LogP contribution in [0, 0.1) is 11.8 Å². The lowest BCUT2D eigenvalue weighted by molar-refractivity contribution is 0.389. The molecule has 0 aromatic heterocycles. The molecule has 2 aliphatic rings. The maximum Gasteiger partial charge on any atom is 0.166 e. The van der Waals surface area contributed by atoms with Gasteiger partial charge >= 0.3 is 0 Å². The van der Waals surface area contributed by atoms with Gasteiger partial charge in [-0.05, 0) is 50.2 Å². The number of nitrogens with one attached hydrogen (secondary N) is 2. The van der Waals surface area contributed by atoms with E-state index in [0.717, 1.165) is 23.5 Å². The molecule has 0 aliphatic heterocycles. The predicted molar refractivity (Wildman–Crippen MR) is 58.6 cm³/mol. The molecule has 2 saturated carbocycles. The largest absolute Gasteiger partial charge is 0.363 e. The Hall–Kier alpha value is -0.310. The molecule has 0 spiro atoms. The van der Waals surface area contributed by atoms with Gasteiger partial charge in [-0.1, -0.05) is 6.42 Å². The van der Waals surface area contributed by atoms with Crippen molar-refractivity contribution in [3.63, 3.8) is 0 Å². The van der Waals surface area contributed by atoms with Gasteiger partial charge < -0.3 is 10.6 Å². The van der Waals surface area contributed by atoms with Gasteiger partial charge in [-0.2, -0.15) is 0 Å². The fourth-order valence-electron chi connectivity index (χ4n) is 2.80. The fraction of sp³-hybridized carbons (Fsp3) is 0.900. The first kappa shape index (κ1) is 9.25. The van der Waals surface area contributed by atoms with Crippen molar-refractivity contribution in [1.29, 1.82) is 0 Å². The van der Waals surface area contributed by atoms with Gasteiger partial charge in [0.15, 0.2) is 5.11 Å². The number of fused-ring (bicyclic) bond motifs is 2. The van der Waals surface area contributed by atoms with Crippen LogP contribution in [0.2, 0.25) is 0 Å². The standard InChI is InChI=1S/C10H18N2S/c1-2-11-10(13)12-9-6-7-3-4-8(9)5-7/h7-9H,2-6H2,1H3,(H2,11,12,13)/t7-,8+,9+/m1/s1. The summed E-state index contributed by atoms with van der Waals surface area (Å²) in [7, 11) is 0. The van der Waals surface area contributed by atoms with Gasteiger partial charge in [-0.15, -0.1) is 0 Å². The van der Waals surface area contributed by atoms with Crippen molar-refractivity contribution in [1.82, 2.24) is 10.6 Å². The first-order chi connectivity index (χ1) is 6.29. The van der Waals surface area contributed by atoms with Gasteiger partial charge in [0.2, 0.25) is 0 Å². The van der Waals surface area contributed by atoms with E-state index in [0.29, 0.717) is 6.04 Å². The van der Waals surface area contributed by atoms with E-state index in [1.807, 2.05) is 0 Å². The molecular formula is C10H18N2S. The first-order valence-electron chi connectivity index (χ1n) is 5.34. The minimum Gasteiger partial charge on any atom is -0.363 e. The third-order valence-electron chi connectivity index (χ3n) is 3.39. The van der Waals surface area contributed by atoms with Crippen molar-refractivity contribution in [3.05, 3.63) is 0 Å². The van der Waals surface area contributed by atoms with E-state index in [9.17, 15) is 0 Å². The average molecular weight is 198 g/mol. The summed E-state index contributed by atoms with van der Waals surface area (Å²) in [5.74, 6) is 1.90. The zero-order valence-electron chi connectivity index (χ0n) is 8.18. The van der Waals surface area contributed by atoms with Crippen molar-refractivity contribution in [2.24, 2.45) is 11.8 Å². The Labute approximate surface area is 85.5 Å². The molecule has 3 atom stereocenters. The van der Waals surface area contributed by atoms with Gasteiger partial charge in [-0.25, -0.2) is 0 Å². The lowest BCUT2D eigenvalue weighted by Gasteiger charge is -2.24. The van der Waals surface area contributed by atoms with Crippen LogP contribution in [-0.4, -0.2) is 17.7 Å². The smallest absolute Gasteiger partial charge is 0.166 e. The summed E-state index contributed by atoms with van der Waals surface area (Å²) < 4.78 is 0. The third kappa shape index (κ3) is 1.96. The summed E-state index contributed by atoms with van der Waals surface area (Å²) in [6.07, 6.45) is 5.65. The molecule has 0 radical (unpaired) electrons. The van der Waals surface area contributed by atoms with Crippen LogP contribution in [0.3, 0.4) is 0 Å². The molecule has 13 heavy (non-hydrogen) atoms. The van der Waals surface area contributed by atoms with E-state index < -0.39 is 0 Å². The molecular weight excluding hydrogens is 180 g/mol. The molecule has 0 heterocycles. The number of thiocarbonyl (C=S) groups is 1. The van der Waals surface area contributed by atoms with Crippen molar-refractivity contribution in [2.75, 3.05) is 6.54 Å². The SMILES string of the molecule is CCNC(=S)N[C@H]1C[C@@H]2CC[C@H]1C2. The second-order valence-electron chi connectivity index (χ2n) is 4.29. The number of hydrogen-bond donors (Lipinski definition) is 2. The molecule has 0 aromatic carbocycles. The van der Waals surface area contributed by atoms with Gasteiger partial charge in [0.05, 0.1) is 0 Å². The van der Waals surface area contributed by atoms with Crippen LogP contribution in [0.5, 0.6) is 0 Å². The van der Waals surface area contributed by atoms with Crippen LogP contribution in [0.4, 0.5) is 0 Å². The fourth-order valence-corrected chi connectivity index (χ4v) is 3.10. The van der Waals surface area contributed by atoms with Gasteiger partial charge in [0, 0.05) is 12.6 Å². The molecule has 2 N–H and O–H groups in total. The molecule has 0 aromatic rings. The summed E-state index contributed by atoms with van der Waals surface area (Å²) in [6, 6.07) is 0.672. The van der Waals surface area contributed by atoms with Crippen LogP contribution >= 0.6 is 12.2 Å². The van der Waals surface area contributed by atoms with E-state index in [-0.39, 0.29) is 0 Å². The minimum absolute atomic E-state index is 0.672. The highest BCUT2D eigenvalue weighted by Crippen LogP contribution is 2.44. The number of rotatable bonds is 2.